The molecule has 0 saturated carbocycles. The van der Waals surface area contributed by atoms with Crippen LogP contribution in [-0.4, -0.2) is 15.7 Å². The summed E-state index contributed by atoms with van der Waals surface area (Å²) in [6.45, 7) is 3.70. The number of nitrogens with one attached hydrogen (secondary N) is 1. The molecular weight excluding hydrogens is 154 g/mol. The minimum Gasteiger partial charge on any atom is -0.430 e. The van der Waals surface area contributed by atoms with E-state index in [1.165, 1.54) is 0 Å². The Morgan fingerprint density at radius 1 is 1.70 bits per heavy atom. The number of carbonyl (C=O) groups is 1. The fraction of sp³-hybridized carbons (Fsp3) is 0.800. The lowest BCUT2D eigenvalue weighted by Crippen LogP contribution is -2.21. The molecule has 1 N–H and O–H groups in total. The van der Waals surface area contributed by atoms with Gasteiger partial charge in [0.15, 0.2) is 16.4 Å². The predicted octanol–water partition coefficient (Wildman–Crippen LogP) is 0.372. The van der Waals surface area contributed by atoms with E-state index < -0.39 is 22.5 Å². The van der Waals surface area contributed by atoms with E-state index in [-0.39, 0.29) is 5.92 Å². The van der Waals surface area contributed by atoms with Crippen molar-refractivity contribution in [2.75, 3.05) is 0 Å². The zero-order valence-electron chi connectivity index (χ0n) is 5.79. The van der Waals surface area contributed by atoms with Gasteiger partial charge < -0.3 is 4.74 Å². The SMILES string of the molecule is CC(C)C1OC(=O)NS1=O. The van der Waals surface area contributed by atoms with Gasteiger partial charge in [-0.2, -0.15) is 0 Å². The third-order valence-corrected chi connectivity index (χ3v) is 2.59. The number of carbonyl (C=O) groups excluding carboxylic acids is 1. The second-order valence-electron chi connectivity index (χ2n) is 2.42. The summed E-state index contributed by atoms with van der Waals surface area (Å²) in [4.78, 5) is 10.4. The molecule has 1 fully saturated rings. The van der Waals surface area contributed by atoms with Gasteiger partial charge >= 0.3 is 6.09 Å². The molecule has 1 saturated heterocycles. The van der Waals surface area contributed by atoms with Crippen LogP contribution in [0.4, 0.5) is 4.79 Å². The number of ether oxygens (including phenoxy) is 1. The van der Waals surface area contributed by atoms with Gasteiger partial charge in [0.2, 0.25) is 0 Å². The first-order chi connectivity index (χ1) is 4.61. The van der Waals surface area contributed by atoms with Crippen molar-refractivity contribution in [3.63, 3.8) is 0 Å². The molecule has 1 aliphatic heterocycles. The summed E-state index contributed by atoms with van der Waals surface area (Å²) in [6, 6.07) is 0. The van der Waals surface area contributed by atoms with Gasteiger partial charge in [0.1, 0.15) is 0 Å². The average molecular weight is 163 g/mol. The van der Waals surface area contributed by atoms with E-state index in [0.29, 0.717) is 0 Å². The second-order valence-corrected chi connectivity index (χ2v) is 3.68. The van der Waals surface area contributed by atoms with Crippen LogP contribution in [0.5, 0.6) is 0 Å². The van der Waals surface area contributed by atoms with E-state index in [4.69, 9.17) is 0 Å². The Labute approximate surface area is 61.5 Å². The Hall–Kier alpha value is -0.580. The van der Waals surface area contributed by atoms with Crippen molar-refractivity contribution in [3.8, 4) is 0 Å². The molecule has 1 heterocycles. The number of cyclic esters (lactones) is 1. The van der Waals surface area contributed by atoms with Gasteiger partial charge in [0.25, 0.3) is 0 Å². The van der Waals surface area contributed by atoms with E-state index in [1.54, 1.807) is 0 Å². The number of rotatable bonds is 1. The highest BCUT2D eigenvalue weighted by atomic mass is 32.2. The van der Waals surface area contributed by atoms with Gasteiger partial charge in [-0.15, -0.1) is 0 Å². The molecule has 0 aromatic rings. The van der Waals surface area contributed by atoms with Crippen LogP contribution < -0.4 is 4.72 Å². The lowest BCUT2D eigenvalue weighted by atomic mass is 10.2. The van der Waals surface area contributed by atoms with Crippen molar-refractivity contribution in [2.45, 2.75) is 19.3 Å². The molecular formula is C5H9NO3S. The fourth-order valence-electron chi connectivity index (χ4n) is 0.697. The molecule has 0 radical (unpaired) electrons. The first kappa shape index (κ1) is 7.53. The Bertz CT molecular complexity index is 180. The largest absolute Gasteiger partial charge is 0.430 e. The fourth-order valence-corrected chi connectivity index (χ4v) is 1.69. The van der Waals surface area contributed by atoms with E-state index in [9.17, 15) is 9.00 Å². The third-order valence-electron chi connectivity index (χ3n) is 1.16. The quantitative estimate of drug-likeness (QED) is 0.607. The normalized spacial score (nSPS) is 32.1. The standard InChI is InChI=1S/C5H9NO3S/c1-3(2)4-9-5(7)6-10(4)8/h3-4H,1-2H3,(H,6,7). The van der Waals surface area contributed by atoms with Gasteiger partial charge in [-0.1, -0.05) is 13.8 Å². The van der Waals surface area contributed by atoms with E-state index >= 15 is 0 Å². The topological polar surface area (TPSA) is 55.4 Å². The van der Waals surface area contributed by atoms with Crippen molar-refractivity contribution in [1.82, 2.24) is 4.72 Å². The number of hydrogen-bond acceptors (Lipinski definition) is 3. The van der Waals surface area contributed by atoms with Crippen molar-refractivity contribution >= 4 is 17.1 Å². The van der Waals surface area contributed by atoms with Crippen LogP contribution in [0.1, 0.15) is 13.8 Å². The van der Waals surface area contributed by atoms with Crippen LogP contribution in [0.3, 0.4) is 0 Å². The maximum Gasteiger partial charge on any atom is 0.420 e. The molecule has 10 heavy (non-hydrogen) atoms. The third kappa shape index (κ3) is 1.29. The highest BCUT2D eigenvalue weighted by Gasteiger charge is 2.32. The Morgan fingerprint density at radius 3 is 2.50 bits per heavy atom. The molecule has 2 atom stereocenters. The Kier molecular flexibility index (Phi) is 1.94. The first-order valence-electron chi connectivity index (χ1n) is 2.99. The van der Waals surface area contributed by atoms with Gasteiger partial charge in [0, 0.05) is 5.92 Å². The number of amides is 1. The van der Waals surface area contributed by atoms with Gasteiger partial charge in [-0.3, -0.25) is 0 Å². The predicted molar refractivity (Wildman–Crippen MR) is 36.4 cm³/mol. The molecule has 1 amide bonds. The summed E-state index contributed by atoms with van der Waals surface area (Å²) in [5, 5.41) is 0. The molecule has 1 rings (SSSR count). The zero-order valence-corrected chi connectivity index (χ0v) is 6.60. The highest BCUT2D eigenvalue weighted by molar-refractivity contribution is 7.84. The average Bonchev–Trinajstić information content (AvgIpc) is 2.10. The molecule has 1 aliphatic rings. The van der Waals surface area contributed by atoms with Gasteiger partial charge in [0.05, 0.1) is 0 Å². The summed E-state index contributed by atoms with van der Waals surface area (Å²) < 4.78 is 17.7. The molecule has 0 aliphatic carbocycles. The molecule has 58 valence electrons. The summed E-state index contributed by atoms with van der Waals surface area (Å²) >= 11 is 0. The van der Waals surface area contributed by atoms with Crippen molar-refractivity contribution in [1.29, 1.82) is 0 Å². The minimum atomic E-state index is -1.34. The van der Waals surface area contributed by atoms with Crippen molar-refractivity contribution in [3.05, 3.63) is 0 Å². The molecule has 4 nitrogen and oxygen atoms in total. The van der Waals surface area contributed by atoms with Crippen LogP contribution in [0.25, 0.3) is 0 Å². The molecule has 0 aromatic heterocycles. The van der Waals surface area contributed by atoms with Crippen molar-refractivity contribution < 1.29 is 13.7 Å². The summed E-state index contributed by atoms with van der Waals surface area (Å²) in [5.74, 6) is 0.0970. The molecule has 5 heteroatoms. The lowest BCUT2D eigenvalue weighted by Gasteiger charge is -2.08. The van der Waals surface area contributed by atoms with Gasteiger partial charge in [-0.25, -0.2) is 13.7 Å². The maximum absolute atomic E-state index is 10.9. The lowest BCUT2D eigenvalue weighted by molar-refractivity contribution is 0.133. The summed E-state index contributed by atoms with van der Waals surface area (Å²) in [6.07, 6.45) is -0.586. The zero-order chi connectivity index (χ0) is 7.72. The van der Waals surface area contributed by atoms with Crippen LogP contribution in [-0.2, 0) is 15.7 Å². The number of hydrogen-bond donors (Lipinski definition) is 1. The maximum atomic E-state index is 10.9. The summed E-state index contributed by atoms with van der Waals surface area (Å²) in [7, 11) is -1.34. The van der Waals surface area contributed by atoms with Crippen LogP contribution in [0.2, 0.25) is 0 Å². The monoisotopic (exact) mass is 163 g/mol. The molecule has 2 unspecified atom stereocenters. The van der Waals surface area contributed by atoms with Gasteiger partial charge in [-0.05, 0) is 0 Å². The van der Waals surface area contributed by atoms with Crippen LogP contribution in [0.15, 0.2) is 0 Å². The van der Waals surface area contributed by atoms with E-state index in [0.717, 1.165) is 0 Å². The Balaban J connectivity index is 2.63. The minimum absolute atomic E-state index is 0.0970. The first-order valence-corrected chi connectivity index (χ1v) is 4.20. The van der Waals surface area contributed by atoms with Crippen LogP contribution >= 0.6 is 0 Å². The summed E-state index contributed by atoms with van der Waals surface area (Å²) in [5.41, 5.74) is -0.479. The van der Waals surface area contributed by atoms with Crippen molar-refractivity contribution in [2.24, 2.45) is 5.92 Å². The second kappa shape index (κ2) is 2.57. The highest BCUT2D eigenvalue weighted by Crippen LogP contribution is 2.14. The smallest absolute Gasteiger partial charge is 0.420 e. The molecule has 0 bridgehead atoms. The molecule has 0 aromatic carbocycles. The van der Waals surface area contributed by atoms with Crippen LogP contribution in [0, 0.1) is 5.92 Å². The van der Waals surface area contributed by atoms with E-state index in [1.807, 2.05) is 13.8 Å². The van der Waals surface area contributed by atoms with E-state index in [2.05, 4.69) is 9.46 Å². The Morgan fingerprint density at radius 2 is 2.30 bits per heavy atom. The molecule has 0 spiro atoms.